The Hall–Kier alpha value is -3.24. The van der Waals surface area contributed by atoms with Gasteiger partial charge in [0.25, 0.3) is 0 Å². The molecule has 0 fully saturated rings. The maximum Gasteiger partial charge on any atom is 0.234 e. The molecular formula is C24H19BrF2N4O2S. The molecule has 0 saturated carbocycles. The van der Waals surface area contributed by atoms with Crippen LogP contribution in [0.15, 0.2) is 82.4 Å². The Morgan fingerprint density at radius 3 is 2.47 bits per heavy atom. The van der Waals surface area contributed by atoms with Crippen LogP contribution in [0.2, 0.25) is 0 Å². The van der Waals surface area contributed by atoms with Crippen LogP contribution < -0.4 is 10.1 Å². The van der Waals surface area contributed by atoms with Crippen LogP contribution in [0, 0.1) is 11.6 Å². The summed E-state index contributed by atoms with van der Waals surface area (Å²) in [5, 5.41) is 11.8. The van der Waals surface area contributed by atoms with Gasteiger partial charge >= 0.3 is 0 Å². The number of ether oxygens (including phenoxy) is 1. The van der Waals surface area contributed by atoms with Crippen LogP contribution in [-0.4, -0.2) is 26.4 Å². The number of amides is 1. The lowest BCUT2D eigenvalue weighted by Gasteiger charge is -2.16. The molecule has 0 aliphatic heterocycles. The highest BCUT2D eigenvalue weighted by Crippen LogP contribution is 2.28. The zero-order valence-corrected chi connectivity index (χ0v) is 20.3. The van der Waals surface area contributed by atoms with Crippen molar-refractivity contribution in [2.75, 3.05) is 11.1 Å². The van der Waals surface area contributed by atoms with E-state index in [0.717, 1.165) is 5.69 Å². The lowest BCUT2D eigenvalue weighted by Crippen LogP contribution is -2.15. The molecule has 6 nitrogen and oxygen atoms in total. The summed E-state index contributed by atoms with van der Waals surface area (Å²) < 4.78 is 34.7. The van der Waals surface area contributed by atoms with Gasteiger partial charge in [0.05, 0.1) is 11.4 Å². The Kier molecular flexibility index (Phi) is 7.59. The van der Waals surface area contributed by atoms with E-state index in [0.29, 0.717) is 26.9 Å². The highest BCUT2D eigenvalue weighted by Gasteiger charge is 2.22. The van der Waals surface area contributed by atoms with E-state index in [2.05, 4.69) is 31.4 Å². The molecule has 0 aliphatic carbocycles. The van der Waals surface area contributed by atoms with E-state index in [4.69, 9.17) is 4.74 Å². The molecule has 4 rings (SSSR count). The van der Waals surface area contributed by atoms with Gasteiger partial charge in [-0.15, -0.1) is 10.2 Å². The molecule has 3 aromatic carbocycles. The van der Waals surface area contributed by atoms with Gasteiger partial charge in [-0.25, -0.2) is 8.78 Å². The van der Waals surface area contributed by atoms with Gasteiger partial charge in [0.1, 0.15) is 17.4 Å². The number of anilines is 1. The number of halogens is 3. The fraction of sp³-hybridized carbons (Fsp3) is 0.125. The highest BCUT2D eigenvalue weighted by molar-refractivity contribution is 9.10. The maximum absolute atomic E-state index is 13.3. The number of benzene rings is 3. The summed E-state index contributed by atoms with van der Waals surface area (Å²) in [6.45, 7) is 1.82. The van der Waals surface area contributed by atoms with E-state index in [1.165, 1.54) is 42.1 Å². The smallest absolute Gasteiger partial charge is 0.234 e. The van der Waals surface area contributed by atoms with Crippen LogP contribution in [-0.2, 0) is 4.79 Å². The van der Waals surface area contributed by atoms with Crippen molar-refractivity contribution < 1.29 is 18.3 Å². The van der Waals surface area contributed by atoms with E-state index < -0.39 is 11.9 Å². The van der Waals surface area contributed by atoms with Gasteiger partial charge in [-0.05, 0) is 77.5 Å². The number of nitrogens with one attached hydrogen (secondary N) is 1. The largest absolute Gasteiger partial charge is 0.483 e. The predicted octanol–water partition coefficient (Wildman–Crippen LogP) is 6.18. The van der Waals surface area contributed by atoms with Crippen LogP contribution in [0.25, 0.3) is 5.69 Å². The summed E-state index contributed by atoms with van der Waals surface area (Å²) in [6.07, 6.45) is -0.503. The minimum absolute atomic E-state index is 0.0575. The average molecular weight is 545 g/mol. The molecule has 0 aliphatic rings. The van der Waals surface area contributed by atoms with Crippen molar-refractivity contribution in [3.8, 4) is 11.4 Å². The van der Waals surface area contributed by atoms with E-state index >= 15 is 0 Å². The predicted molar refractivity (Wildman–Crippen MR) is 130 cm³/mol. The summed E-state index contributed by atoms with van der Waals surface area (Å²) in [4.78, 5) is 12.5. The van der Waals surface area contributed by atoms with E-state index in [-0.39, 0.29) is 17.5 Å². The number of rotatable bonds is 8. The van der Waals surface area contributed by atoms with Gasteiger partial charge in [0, 0.05) is 10.2 Å². The molecule has 1 aromatic heterocycles. The molecule has 1 heterocycles. The minimum atomic E-state index is -0.503. The van der Waals surface area contributed by atoms with Crippen molar-refractivity contribution in [3.05, 3.63) is 94.7 Å². The number of carbonyl (C=O) groups excluding carboxylic acids is 1. The Morgan fingerprint density at radius 1 is 1.06 bits per heavy atom. The van der Waals surface area contributed by atoms with Crippen molar-refractivity contribution in [3.63, 3.8) is 0 Å². The monoisotopic (exact) mass is 544 g/mol. The van der Waals surface area contributed by atoms with Crippen LogP contribution in [0.4, 0.5) is 14.5 Å². The SMILES string of the molecule is CC(Oc1ccc(F)cc1)c1nnc(SCC(=O)Nc2ccc(F)cc2Br)n1-c1ccccc1. The maximum atomic E-state index is 13.3. The molecule has 0 saturated heterocycles. The Labute approximate surface area is 207 Å². The molecule has 1 atom stereocenters. The molecule has 1 unspecified atom stereocenters. The van der Waals surface area contributed by atoms with Crippen molar-refractivity contribution in [1.82, 2.24) is 14.8 Å². The fourth-order valence-corrected chi connectivity index (χ4v) is 4.34. The number of aromatic nitrogens is 3. The Bertz CT molecular complexity index is 1290. The molecule has 0 bridgehead atoms. The second-order valence-electron chi connectivity index (χ2n) is 7.19. The quantitative estimate of drug-likeness (QED) is 0.268. The van der Waals surface area contributed by atoms with Gasteiger partial charge in [0.2, 0.25) is 5.91 Å². The van der Waals surface area contributed by atoms with E-state index in [1.54, 1.807) is 12.1 Å². The number of nitrogens with zero attached hydrogens (tertiary/aromatic N) is 3. The summed E-state index contributed by atoms with van der Waals surface area (Å²) in [5.41, 5.74) is 1.28. The van der Waals surface area contributed by atoms with Crippen molar-refractivity contribution >= 4 is 39.3 Å². The van der Waals surface area contributed by atoms with E-state index in [1.807, 2.05) is 41.8 Å². The number of thioether (sulfide) groups is 1. The molecule has 174 valence electrons. The normalized spacial score (nSPS) is 11.8. The van der Waals surface area contributed by atoms with Crippen LogP contribution in [0.3, 0.4) is 0 Å². The summed E-state index contributed by atoms with van der Waals surface area (Å²) in [7, 11) is 0. The van der Waals surface area contributed by atoms with Gasteiger partial charge in [0.15, 0.2) is 17.1 Å². The van der Waals surface area contributed by atoms with Crippen molar-refractivity contribution in [2.24, 2.45) is 0 Å². The molecule has 1 amide bonds. The van der Waals surface area contributed by atoms with Crippen LogP contribution in [0.1, 0.15) is 18.9 Å². The standard InChI is InChI=1S/C24H19BrF2N4O2S/c1-15(33-19-10-7-16(26)8-11-19)23-29-30-24(31(23)18-5-3-2-4-6-18)34-14-22(32)28-21-12-9-17(27)13-20(21)25/h2-13,15H,14H2,1H3,(H,28,32). The van der Waals surface area contributed by atoms with Crippen LogP contribution in [0.5, 0.6) is 5.75 Å². The third kappa shape index (κ3) is 5.81. The van der Waals surface area contributed by atoms with Gasteiger partial charge in [-0.1, -0.05) is 30.0 Å². The second kappa shape index (κ2) is 10.8. The zero-order chi connectivity index (χ0) is 24.1. The van der Waals surface area contributed by atoms with Gasteiger partial charge < -0.3 is 10.1 Å². The molecule has 34 heavy (non-hydrogen) atoms. The number of carbonyl (C=O) groups is 1. The Morgan fingerprint density at radius 2 is 1.76 bits per heavy atom. The number of hydrogen-bond donors (Lipinski definition) is 1. The third-order valence-corrected chi connectivity index (χ3v) is 6.29. The number of hydrogen-bond acceptors (Lipinski definition) is 5. The average Bonchev–Trinajstić information content (AvgIpc) is 3.26. The summed E-state index contributed by atoms with van der Waals surface area (Å²) in [5.74, 6) is 0.0469. The van der Waals surface area contributed by atoms with Gasteiger partial charge in [-0.2, -0.15) is 0 Å². The first kappa shape index (κ1) is 23.9. The summed E-state index contributed by atoms with van der Waals surface area (Å²) in [6, 6.07) is 19.2. The topological polar surface area (TPSA) is 69.0 Å². The second-order valence-corrected chi connectivity index (χ2v) is 8.98. The third-order valence-electron chi connectivity index (χ3n) is 4.70. The first-order chi connectivity index (χ1) is 16.4. The first-order valence-electron chi connectivity index (χ1n) is 10.2. The Balaban J connectivity index is 1.53. The zero-order valence-electron chi connectivity index (χ0n) is 17.9. The van der Waals surface area contributed by atoms with Crippen molar-refractivity contribution in [2.45, 2.75) is 18.2 Å². The molecule has 1 N–H and O–H groups in total. The fourth-order valence-electron chi connectivity index (χ4n) is 3.13. The molecule has 0 spiro atoms. The molecule has 10 heteroatoms. The van der Waals surface area contributed by atoms with Crippen LogP contribution >= 0.6 is 27.7 Å². The number of para-hydroxylation sites is 1. The molecule has 0 radical (unpaired) electrons. The summed E-state index contributed by atoms with van der Waals surface area (Å²) >= 11 is 4.45. The first-order valence-corrected chi connectivity index (χ1v) is 12.0. The highest BCUT2D eigenvalue weighted by atomic mass is 79.9. The van der Waals surface area contributed by atoms with Crippen molar-refractivity contribution in [1.29, 1.82) is 0 Å². The minimum Gasteiger partial charge on any atom is -0.483 e. The lowest BCUT2D eigenvalue weighted by molar-refractivity contribution is -0.113. The van der Waals surface area contributed by atoms with E-state index in [9.17, 15) is 13.6 Å². The van der Waals surface area contributed by atoms with Gasteiger partial charge in [-0.3, -0.25) is 9.36 Å². The molecule has 4 aromatic rings. The molecular weight excluding hydrogens is 526 g/mol. The lowest BCUT2D eigenvalue weighted by atomic mass is 10.3.